The number of hydrogen-bond donors (Lipinski definition) is 1. The number of hydrogen-bond acceptors (Lipinski definition) is 16. The van der Waals surface area contributed by atoms with E-state index in [0.717, 1.165) is 0 Å². The average molecular weight is 1180 g/mol. The summed E-state index contributed by atoms with van der Waals surface area (Å²) >= 11 is 0. The van der Waals surface area contributed by atoms with E-state index in [4.69, 9.17) is 33.2 Å². The Bertz CT molecular complexity index is 2920. The number of carbonyl (C=O) groups excluding carboxylic acids is 9. The molecule has 3 heterocycles. The van der Waals surface area contributed by atoms with Gasteiger partial charge in [-0.15, -0.1) is 0 Å². The summed E-state index contributed by atoms with van der Waals surface area (Å²) in [5.41, 5.74) is -0.691. The van der Waals surface area contributed by atoms with Crippen LogP contribution >= 0.6 is 0 Å². The van der Waals surface area contributed by atoms with Gasteiger partial charge in [0.05, 0.1) is 39.0 Å². The molecule has 462 valence electrons. The number of amides is 6. The molecule has 0 saturated carbocycles. The van der Waals surface area contributed by atoms with Crippen LogP contribution in [-0.4, -0.2) is 189 Å². The first-order valence-electron chi connectivity index (χ1n) is 28.8. The summed E-state index contributed by atoms with van der Waals surface area (Å²) in [4.78, 5) is 134. The third-order valence-electron chi connectivity index (χ3n) is 15.6. The Labute approximate surface area is 498 Å². The van der Waals surface area contributed by atoms with E-state index in [0.29, 0.717) is 59.6 Å². The van der Waals surface area contributed by atoms with Crippen LogP contribution in [0.5, 0.6) is 23.0 Å². The standard InChI is InChI=1S/C63H84N6O16/c1-40-56(73)64-52(41-22-14-13-15-23-41)59(76)67(9)47(37-84-62(2,3)4)58(75)68-35-21-27-45(68)57(74)65(7)33-18-17-28-51(71)83-39-63(5,6)55(72)60(77)69-34-19-16-26-46(69)61(78)85-48(43-24-20-25-44(36-43)82-38-50(70)66(40)8)31-29-42-30-32-49(79-10)54(81-12)53(42)80-11/h13-15,17,20,22-25,28,30,32,36,40,45-48,52H,16,18-19,21,26-27,29,31,33-35,37-39H2,1-12H3,(H,64,73)/b28-17-/t40-,45-,46-,47-,48+,52?/m0/s1. The highest BCUT2D eigenvalue weighted by Crippen LogP contribution is 2.41. The number of benzene rings is 3. The molecule has 2 fully saturated rings. The van der Waals surface area contributed by atoms with Crippen LogP contribution in [0.4, 0.5) is 0 Å². The van der Waals surface area contributed by atoms with Gasteiger partial charge in [-0.1, -0.05) is 54.6 Å². The van der Waals surface area contributed by atoms with Crippen LogP contribution in [0.3, 0.4) is 0 Å². The number of rotatable bonds is 9. The monoisotopic (exact) mass is 1180 g/mol. The van der Waals surface area contributed by atoms with E-state index in [2.05, 4.69) is 5.32 Å². The molecule has 85 heavy (non-hydrogen) atoms. The van der Waals surface area contributed by atoms with E-state index >= 15 is 0 Å². The second-order valence-corrected chi connectivity index (χ2v) is 23.2. The fourth-order valence-electron chi connectivity index (χ4n) is 10.3. The van der Waals surface area contributed by atoms with Gasteiger partial charge in [-0.3, -0.25) is 33.6 Å². The average Bonchev–Trinajstić information content (AvgIpc) is 3.72. The molecule has 0 radical (unpaired) electrons. The van der Waals surface area contributed by atoms with Crippen LogP contribution < -0.4 is 24.3 Å². The molecule has 1 N–H and O–H groups in total. The second kappa shape index (κ2) is 29.7. The zero-order valence-corrected chi connectivity index (χ0v) is 51.1. The summed E-state index contributed by atoms with van der Waals surface area (Å²) in [5, 5.41) is 2.83. The van der Waals surface area contributed by atoms with Crippen LogP contribution in [0.2, 0.25) is 0 Å². The molecule has 3 aliphatic rings. The minimum Gasteiger partial charge on any atom is -0.493 e. The predicted octanol–water partition coefficient (Wildman–Crippen LogP) is 5.58. The number of ketones is 1. The van der Waals surface area contributed by atoms with Crippen LogP contribution in [-0.2, 0) is 63.8 Å². The molecule has 3 aromatic carbocycles. The van der Waals surface area contributed by atoms with Gasteiger partial charge in [0.25, 0.3) is 11.8 Å². The lowest BCUT2D eigenvalue weighted by atomic mass is 9.87. The molecule has 22 heteroatoms. The van der Waals surface area contributed by atoms with Crippen molar-refractivity contribution in [3.8, 4) is 23.0 Å². The Morgan fingerprint density at radius 2 is 1.39 bits per heavy atom. The molecule has 1 unspecified atom stereocenters. The predicted molar refractivity (Wildman–Crippen MR) is 312 cm³/mol. The molecule has 2 saturated heterocycles. The number of Topliss-reactive ketones (excluding diaryl/α,β-unsaturated/α-hetero) is 1. The quantitative estimate of drug-likeness (QED) is 0.203. The maximum atomic E-state index is 14.9. The fraction of sp³-hybridized carbons (Fsp3) is 0.540. The summed E-state index contributed by atoms with van der Waals surface area (Å²) in [6.07, 6.45) is 4.48. The lowest BCUT2D eigenvalue weighted by Crippen LogP contribution is -2.58. The molecule has 6 amide bonds. The van der Waals surface area contributed by atoms with E-state index in [-0.39, 0.29) is 63.6 Å². The van der Waals surface area contributed by atoms with Crippen LogP contribution in [0.15, 0.2) is 78.9 Å². The summed E-state index contributed by atoms with van der Waals surface area (Å²) < 4.78 is 41.0. The molecule has 0 spiro atoms. The Kier molecular flexibility index (Phi) is 23.1. The number of likely N-dealkylation sites (N-methyl/N-ethyl adjacent to an activating group) is 3. The van der Waals surface area contributed by atoms with Gasteiger partial charge in [-0.25, -0.2) is 9.59 Å². The van der Waals surface area contributed by atoms with Crippen molar-refractivity contribution in [3.63, 3.8) is 0 Å². The van der Waals surface area contributed by atoms with E-state index in [9.17, 15) is 43.2 Å². The number of carbonyl (C=O) groups is 9. The second-order valence-electron chi connectivity index (χ2n) is 23.2. The highest BCUT2D eigenvalue weighted by atomic mass is 16.6. The number of piperidine rings is 1. The minimum absolute atomic E-state index is 0.0879. The Balaban J connectivity index is 1.34. The number of ether oxygens (including phenoxy) is 7. The van der Waals surface area contributed by atoms with Gasteiger partial charge in [0.15, 0.2) is 18.1 Å². The first-order chi connectivity index (χ1) is 40.3. The van der Waals surface area contributed by atoms with Crippen molar-refractivity contribution in [2.45, 2.75) is 135 Å². The van der Waals surface area contributed by atoms with Crippen molar-refractivity contribution < 1.29 is 76.3 Å². The van der Waals surface area contributed by atoms with Crippen LogP contribution in [0.1, 0.15) is 115 Å². The molecular weight excluding hydrogens is 1100 g/mol. The molecular formula is C63H84N6O16. The number of methoxy groups -OCH3 is 3. The van der Waals surface area contributed by atoms with E-state index in [1.807, 2.05) is 0 Å². The zero-order valence-electron chi connectivity index (χ0n) is 51.1. The molecule has 0 aromatic heterocycles. The highest BCUT2D eigenvalue weighted by molar-refractivity contribution is 6.38. The van der Waals surface area contributed by atoms with Gasteiger partial charge >= 0.3 is 11.9 Å². The van der Waals surface area contributed by atoms with Crippen molar-refractivity contribution in [2.75, 3.05) is 81.9 Å². The minimum atomic E-state index is -1.51. The maximum Gasteiger partial charge on any atom is 0.330 e. The number of fused-ring (bicyclic) bond motifs is 4. The first-order valence-corrected chi connectivity index (χ1v) is 28.8. The fourth-order valence-corrected chi connectivity index (χ4v) is 10.3. The van der Waals surface area contributed by atoms with Gasteiger partial charge in [-0.05, 0) is 128 Å². The van der Waals surface area contributed by atoms with Crippen molar-refractivity contribution in [3.05, 3.63) is 95.6 Å². The number of aryl methyl sites for hydroxylation is 1. The topological polar surface area (TPSA) is 246 Å². The number of cyclic esters (lactones) is 2. The zero-order chi connectivity index (χ0) is 62.3. The summed E-state index contributed by atoms with van der Waals surface area (Å²) in [6.45, 7) is 9.09. The summed E-state index contributed by atoms with van der Waals surface area (Å²) in [7, 11) is 8.93. The summed E-state index contributed by atoms with van der Waals surface area (Å²) in [6, 6.07) is 12.9. The van der Waals surface area contributed by atoms with Crippen LogP contribution in [0.25, 0.3) is 0 Å². The molecule has 0 aliphatic carbocycles. The Morgan fingerprint density at radius 3 is 2.07 bits per heavy atom. The number of nitrogens with one attached hydrogen (secondary N) is 1. The first kappa shape index (κ1) is 66.1. The number of esters is 2. The van der Waals surface area contributed by atoms with E-state index in [1.54, 1.807) is 94.5 Å². The molecule has 6 rings (SSSR count). The largest absolute Gasteiger partial charge is 0.493 e. The van der Waals surface area contributed by atoms with Crippen molar-refractivity contribution in [2.24, 2.45) is 5.41 Å². The van der Waals surface area contributed by atoms with E-state index in [1.165, 1.54) is 92.8 Å². The third-order valence-corrected chi connectivity index (χ3v) is 15.6. The van der Waals surface area contributed by atoms with Crippen LogP contribution in [0, 0.1) is 5.41 Å². The smallest absolute Gasteiger partial charge is 0.330 e. The molecule has 3 aromatic rings. The van der Waals surface area contributed by atoms with Crippen molar-refractivity contribution in [1.82, 2.24) is 29.8 Å². The Morgan fingerprint density at radius 1 is 0.706 bits per heavy atom. The van der Waals surface area contributed by atoms with Gasteiger partial charge in [0, 0.05) is 46.9 Å². The molecule has 6 atom stereocenters. The highest BCUT2D eigenvalue weighted by Gasteiger charge is 2.45. The molecule has 22 nitrogen and oxygen atoms in total. The number of nitrogens with zero attached hydrogens (tertiary/aromatic N) is 5. The van der Waals surface area contributed by atoms with Gasteiger partial charge in [0.2, 0.25) is 35.2 Å². The van der Waals surface area contributed by atoms with Gasteiger partial charge in [-0.2, -0.15) is 0 Å². The lowest BCUT2D eigenvalue weighted by molar-refractivity contribution is -0.165. The van der Waals surface area contributed by atoms with Crippen molar-refractivity contribution >= 4 is 53.2 Å². The van der Waals surface area contributed by atoms with Crippen molar-refractivity contribution in [1.29, 1.82) is 0 Å². The molecule has 3 aliphatic heterocycles. The normalized spacial score (nSPS) is 23.9. The SMILES string of the molecule is COc1ccc(CC[C@H]2OC(=O)[C@@H]3CCCCN3C(=O)C(=O)C(C)(C)COC(=O)/C=C\CCN(C)C(=O)[C@@H]3CCCN3C(=O)[C@H](COC(C)(C)C)N(C)C(=O)C(c3ccccc3)NC(=O)[C@H](C)N(C)C(=O)COc3cccc2c3)c(OC)c1OC. The molecule has 2 bridgehead atoms. The van der Waals surface area contributed by atoms with Gasteiger partial charge in [0.1, 0.15) is 48.7 Å². The Hall–Kier alpha value is -8.01. The maximum absolute atomic E-state index is 14.9. The summed E-state index contributed by atoms with van der Waals surface area (Å²) in [5.74, 6) is -4.79. The van der Waals surface area contributed by atoms with Gasteiger partial charge < -0.3 is 63.0 Å². The lowest BCUT2D eigenvalue weighted by Gasteiger charge is -2.37. The van der Waals surface area contributed by atoms with E-state index < -0.39 is 108 Å². The third kappa shape index (κ3) is 16.9.